The summed E-state index contributed by atoms with van der Waals surface area (Å²) >= 11 is 0. The maximum atomic E-state index is 9.62. The van der Waals surface area contributed by atoms with Gasteiger partial charge in [0, 0.05) is 19.6 Å². The zero-order valence-electron chi connectivity index (χ0n) is 9.60. The van der Waals surface area contributed by atoms with Gasteiger partial charge in [0.2, 0.25) is 0 Å². The Labute approximate surface area is 96.9 Å². The molecule has 1 aliphatic rings. The molecule has 1 heterocycles. The van der Waals surface area contributed by atoms with E-state index in [9.17, 15) is 5.11 Å². The van der Waals surface area contributed by atoms with E-state index in [2.05, 4.69) is 23.1 Å². The first-order valence-electron chi connectivity index (χ1n) is 5.97. The Morgan fingerprint density at radius 2 is 2.06 bits per heavy atom. The average Bonchev–Trinajstić information content (AvgIpc) is 2.30. The van der Waals surface area contributed by atoms with Gasteiger partial charge in [0.15, 0.2) is 0 Å². The number of likely N-dealkylation sites (tertiary alicyclic amines) is 1. The molecule has 1 unspecified atom stereocenters. The highest BCUT2D eigenvalue weighted by atomic mass is 16.3. The van der Waals surface area contributed by atoms with E-state index in [1.165, 1.54) is 11.1 Å². The molecule has 88 valence electrons. The summed E-state index contributed by atoms with van der Waals surface area (Å²) in [5, 5.41) is 9.62. The predicted octanol–water partition coefficient (Wildman–Crippen LogP) is 1.10. The normalized spacial score (nSPS) is 22.2. The minimum absolute atomic E-state index is 0.154. The maximum absolute atomic E-state index is 9.62. The zero-order valence-corrected chi connectivity index (χ0v) is 9.60. The third-order valence-corrected chi connectivity index (χ3v) is 3.21. The highest BCUT2D eigenvalue weighted by Crippen LogP contribution is 2.16. The molecule has 0 aromatic heterocycles. The van der Waals surface area contributed by atoms with Crippen molar-refractivity contribution in [1.82, 2.24) is 4.90 Å². The van der Waals surface area contributed by atoms with Crippen LogP contribution in [0.15, 0.2) is 24.3 Å². The van der Waals surface area contributed by atoms with Crippen LogP contribution in [0.1, 0.15) is 24.0 Å². The Morgan fingerprint density at radius 3 is 2.75 bits per heavy atom. The fourth-order valence-electron chi connectivity index (χ4n) is 2.33. The monoisotopic (exact) mass is 220 g/mol. The van der Waals surface area contributed by atoms with Crippen LogP contribution in [-0.4, -0.2) is 29.2 Å². The Kier molecular flexibility index (Phi) is 3.93. The van der Waals surface area contributed by atoms with E-state index in [0.717, 1.165) is 32.5 Å². The Hall–Kier alpha value is -0.900. The van der Waals surface area contributed by atoms with Gasteiger partial charge in [0.1, 0.15) is 0 Å². The van der Waals surface area contributed by atoms with Crippen LogP contribution in [0.25, 0.3) is 0 Å². The smallest absolute Gasteiger partial charge is 0.0667 e. The van der Waals surface area contributed by atoms with Crippen LogP contribution in [0.4, 0.5) is 0 Å². The van der Waals surface area contributed by atoms with Crippen LogP contribution in [0.3, 0.4) is 0 Å². The summed E-state index contributed by atoms with van der Waals surface area (Å²) in [6, 6.07) is 8.28. The molecule has 1 aromatic carbocycles. The van der Waals surface area contributed by atoms with Crippen molar-refractivity contribution in [3.8, 4) is 0 Å². The predicted molar refractivity (Wildman–Crippen MR) is 64.9 cm³/mol. The number of nitrogens with two attached hydrogens (primary N) is 1. The summed E-state index contributed by atoms with van der Waals surface area (Å²) in [6.07, 6.45) is 1.87. The maximum Gasteiger partial charge on any atom is 0.0667 e. The van der Waals surface area contributed by atoms with E-state index >= 15 is 0 Å². The number of aliphatic hydroxyl groups is 1. The first-order chi connectivity index (χ1) is 7.79. The summed E-state index contributed by atoms with van der Waals surface area (Å²) < 4.78 is 0. The van der Waals surface area contributed by atoms with Crippen molar-refractivity contribution >= 4 is 0 Å². The summed E-state index contributed by atoms with van der Waals surface area (Å²) in [7, 11) is 0. The van der Waals surface area contributed by atoms with Gasteiger partial charge in [-0.05, 0) is 30.5 Å². The molecule has 2 rings (SSSR count). The largest absolute Gasteiger partial charge is 0.392 e. The fourth-order valence-corrected chi connectivity index (χ4v) is 2.33. The molecule has 1 aromatic rings. The first kappa shape index (κ1) is 11.6. The lowest BCUT2D eigenvalue weighted by Gasteiger charge is -2.30. The van der Waals surface area contributed by atoms with Crippen molar-refractivity contribution < 1.29 is 5.11 Å². The molecule has 0 aliphatic carbocycles. The van der Waals surface area contributed by atoms with Gasteiger partial charge in [-0.2, -0.15) is 0 Å². The summed E-state index contributed by atoms with van der Waals surface area (Å²) in [5.74, 6) is 0. The Balaban J connectivity index is 2.02. The number of rotatable bonds is 3. The van der Waals surface area contributed by atoms with Crippen molar-refractivity contribution in [1.29, 1.82) is 0 Å². The van der Waals surface area contributed by atoms with E-state index in [0.29, 0.717) is 6.54 Å². The molecule has 1 saturated heterocycles. The number of benzene rings is 1. The van der Waals surface area contributed by atoms with Crippen molar-refractivity contribution in [3.63, 3.8) is 0 Å². The lowest BCUT2D eigenvalue weighted by molar-refractivity contribution is 0.0667. The molecule has 1 fully saturated rings. The summed E-state index contributed by atoms with van der Waals surface area (Å²) in [4.78, 5) is 2.31. The van der Waals surface area contributed by atoms with Gasteiger partial charge in [-0.1, -0.05) is 24.3 Å². The standard InChI is InChI=1S/C13H20N2O/c14-8-11-4-1-2-5-12(11)9-15-7-3-6-13(16)10-15/h1-2,4-5,13,16H,3,6-10,14H2. The van der Waals surface area contributed by atoms with Crippen LogP contribution in [0.5, 0.6) is 0 Å². The van der Waals surface area contributed by atoms with Gasteiger partial charge in [-0.25, -0.2) is 0 Å². The number of piperidine rings is 1. The molecule has 3 N–H and O–H groups in total. The third-order valence-electron chi connectivity index (χ3n) is 3.21. The SMILES string of the molecule is NCc1ccccc1CN1CCCC(O)C1. The van der Waals surface area contributed by atoms with Gasteiger partial charge in [-0.3, -0.25) is 4.90 Å². The molecule has 1 atom stereocenters. The molecule has 3 nitrogen and oxygen atoms in total. The zero-order chi connectivity index (χ0) is 11.4. The van der Waals surface area contributed by atoms with Crippen molar-refractivity contribution in [2.75, 3.05) is 13.1 Å². The first-order valence-corrected chi connectivity index (χ1v) is 5.97. The highest BCUT2D eigenvalue weighted by molar-refractivity contribution is 5.26. The fraction of sp³-hybridized carbons (Fsp3) is 0.538. The molecule has 3 heteroatoms. The van der Waals surface area contributed by atoms with E-state index in [1.807, 2.05) is 6.07 Å². The second kappa shape index (κ2) is 5.43. The third kappa shape index (κ3) is 2.82. The van der Waals surface area contributed by atoms with Gasteiger partial charge in [0.05, 0.1) is 6.10 Å². The van der Waals surface area contributed by atoms with Gasteiger partial charge in [0.25, 0.3) is 0 Å². The quantitative estimate of drug-likeness (QED) is 0.802. The minimum Gasteiger partial charge on any atom is -0.392 e. The van der Waals surface area contributed by atoms with Crippen LogP contribution in [-0.2, 0) is 13.1 Å². The van der Waals surface area contributed by atoms with E-state index in [-0.39, 0.29) is 6.10 Å². The van der Waals surface area contributed by atoms with Crippen LogP contribution < -0.4 is 5.73 Å². The Bertz CT molecular complexity index is 340. The van der Waals surface area contributed by atoms with Crippen molar-refractivity contribution in [2.45, 2.75) is 32.0 Å². The topological polar surface area (TPSA) is 49.5 Å². The Morgan fingerprint density at radius 1 is 1.31 bits per heavy atom. The molecular formula is C13H20N2O. The van der Waals surface area contributed by atoms with Gasteiger partial charge >= 0.3 is 0 Å². The number of hydrogen-bond donors (Lipinski definition) is 2. The average molecular weight is 220 g/mol. The molecule has 0 radical (unpaired) electrons. The summed E-state index contributed by atoms with van der Waals surface area (Å²) in [6.45, 7) is 3.37. The molecule has 0 amide bonds. The molecule has 16 heavy (non-hydrogen) atoms. The van der Waals surface area contributed by atoms with Crippen LogP contribution in [0, 0.1) is 0 Å². The number of β-amino-alcohol motifs (C(OH)–C–C–N with tert-alkyl or cyclic N) is 1. The van der Waals surface area contributed by atoms with E-state index in [4.69, 9.17) is 5.73 Å². The molecular weight excluding hydrogens is 200 g/mol. The number of aliphatic hydroxyl groups excluding tert-OH is 1. The molecule has 0 saturated carbocycles. The van der Waals surface area contributed by atoms with Crippen molar-refractivity contribution in [3.05, 3.63) is 35.4 Å². The lowest BCUT2D eigenvalue weighted by atomic mass is 10.0. The van der Waals surface area contributed by atoms with E-state index < -0.39 is 0 Å². The highest BCUT2D eigenvalue weighted by Gasteiger charge is 2.18. The van der Waals surface area contributed by atoms with Crippen LogP contribution in [0.2, 0.25) is 0 Å². The van der Waals surface area contributed by atoms with Crippen LogP contribution >= 0.6 is 0 Å². The van der Waals surface area contributed by atoms with Crippen molar-refractivity contribution in [2.24, 2.45) is 5.73 Å². The van der Waals surface area contributed by atoms with Gasteiger partial charge in [-0.15, -0.1) is 0 Å². The molecule has 0 bridgehead atoms. The minimum atomic E-state index is -0.154. The second-order valence-electron chi connectivity index (χ2n) is 4.50. The number of nitrogens with zero attached hydrogens (tertiary/aromatic N) is 1. The summed E-state index contributed by atoms with van der Waals surface area (Å²) in [5.41, 5.74) is 8.22. The lowest BCUT2D eigenvalue weighted by Crippen LogP contribution is -2.37. The molecule has 1 aliphatic heterocycles. The van der Waals surface area contributed by atoms with E-state index in [1.54, 1.807) is 0 Å². The second-order valence-corrected chi connectivity index (χ2v) is 4.50. The number of hydrogen-bond acceptors (Lipinski definition) is 3. The van der Waals surface area contributed by atoms with Gasteiger partial charge < -0.3 is 10.8 Å². The molecule has 0 spiro atoms.